The lowest BCUT2D eigenvalue weighted by Crippen LogP contribution is -2.12. The highest BCUT2D eigenvalue weighted by molar-refractivity contribution is 5.31. The number of anilines is 1. The Labute approximate surface area is 69.8 Å². The van der Waals surface area contributed by atoms with E-state index < -0.39 is 0 Å². The van der Waals surface area contributed by atoms with E-state index in [0.717, 1.165) is 0 Å². The Balaban J connectivity index is 2.47. The summed E-state index contributed by atoms with van der Waals surface area (Å²) in [6, 6.07) is 1.40. The molecular weight excluding hydrogens is 158 g/mol. The largest absolute Gasteiger partial charge is 0.383 e. The van der Waals surface area contributed by atoms with E-state index in [1.54, 1.807) is 7.11 Å². The predicted octanol–water partition coefficient (Wildman–Crippen LogP) is -0.172. The Kier molecular flexibility index (Phi) is 3.28. The third-order valence-electron chi connectivity index (χ3n) is 1.29. The zero-order valence-electron chi connectivity index (χ0n) is 6.83. The molecule has 0 saturated heterocycles. The van der Waals surface area contributed by atoms with Crippen LogP contribution in [0.2, 0.25) is 0 Å². The lowest BCUT2D eigenvalue weighted by molar-refractivity contribution is 0.210. The average Bonchev–Trinajstić information content (AvgIpc) is 2.05. The molecule has 1 aromatic rings. The second kappa shape index (κ2) is 4.50. The van der Waals surface area contributed by atoms with E-state index in [2.05, 4.69) is 15.3 Å². The van der Waals surface area contributed by atoms with E-state index in [9.17, 15) is 4.79 Å². The van der Waals surface area contributed by atoms with Gasteiger partial charge < -0.3 is 15.0 Å². The minimum Gasteiger partial charge on any atom is -0.383 e. The Morgan fingerprint density at radius 1 is 1.75 bits per heavy atom. The minimum atomic E-state index is -0.162. The van der Waals surface area contributed by atoms with E-state index in [4.69, 9.17) is 4.74 Å². The first-order valence-electron chi connectivity index (χ1n) is 3.60. The van der Waals surface area contributed by atoms with E-state index in [1.807, 2.05) is 0 Å². The fourth-order valence-corrected chi connectivity index (χ4v) is 0.746. The highest BCUT2D eigenvalue weighted by Crippen LogP contribution is 1.92. The fourth-order valence-electron chi connectivity index (χ4n) is 0.746. The van der Waals surface area contributed by atoms with Gasteiger partial charge in [0.1, 0.15) is 5.82 Å². The summed E-state index contributed by atoms with van der Waals surface area (Å²) in [7, 11) is 1.62. The van der Waals surface area contributed by atoms with Crippen LogP contribution in [0.3, 0.4) is 0 Å². The van der Waals surface area contributed by atoms with Crippen LogP contribution < -0.4 is 10.9 Å². The van der Waals surface area contributed by atoms with Gasteiger partial charge in [0, 0.05) is 19.7 Å². The van der Waals surface area contributed by atoms with Crippen LogP contribution >= 0.6 is 0 Å². The maximum atomic E-state index is 10.8. The molecule has 1 aromatic heterocycles. The average molecular weight is 169 g/mol. The molecule has 0 aliphatic rings. The van der Waals surface area contributed by atoms with Crippen molar-refractivity contribution in [2.45, 2.75) is 0 Å². The number of aromatic amines is 1. The number of ether oxygens (including phenoxy) is 1. The predicted molar refractivity (Wildman–Crippen MR) is 45.2 cm³/mol. The van der Waals surface area contributed by atoms with Crippen molar-refractivity contribution in [3.05, 3.63) is 22.7 Å². The number of methoxy groups -OCH3 is 1. The minimum absolute atomic E-state index is 0.162. The number of nitrogens with one attached hydrogen (secondary N) is 2. The van der Waals surface area contributed by atoms with Crippen LogP contribution in [-0.4, -0.2) is 30.2 Å². The molecule has 0 spiro atoms. The number of hydrogen-bond acceptors (Lipinski definition) is 4. The molecule has 0 saturated carbocycles. The van der Waals surface area contributed by atoms with Gasteiger partial charge in [0.2, 0.25) is 0 Å². The summed E-state index contributed by atoms with van der Waals surface area (Å²) in [5.41, 5.74) is -0.162. The van der Waals surface area contributed by atoms with Crippen molar-refractivity contribution in [2.75, 3.05) is 25.6 Å². The molecule has 0 fully saturated rings. The maximum Gasteiger partial charge on any atom is 0.252 e. The Morgan fingerprint density at radius 2 is 2.58 bits per heavy atom. The standard InChI is InChI=1S/C7H11N3O2/c1-12-3-2-8-6-4-7(11)10-5-9-6/h4-5H,2-3H2,1H3,(H2,8,9,10,11). The van der Waals surface area contributed by atoms with Crippen LogP contribution in [0.4, 0.5) is 5.82 Å². The van der Waals surface area contributed by atoms with Crippen molar-refractivity contribution in [3.8, 4) is 0 Å². The first-order valence-corrected chi connectivity index (χ1v) is 3.60. The highest BCUT2D eigenvalue weighted by Gasteiger charge is 1.91. The third-order valence-corrected chi connectivity index (χ3v) is 1.29. The van der Waals surface area contributed by atoms with Gasteiger partial charge in [-0.15, -0.1) is 0 Å². The molecule has 0 unspecified atom stereocenters. The molecule has 66 valence electrons. The number of H-pyrrole nitrogens is 1. The summed E-state index contributed by atoms with van der Waals surface area (Å²) < 4.78 is 4.82. The van der Waals surface area contributed by atoms with Crippen molar-refractivity contribution in [1.82, 2.24) is 9.97 Å². The molecule has 0 radical (unpaired) electrons. The molecule has 0 aliphatic carbocycles. The first kappa shape index (κ1) is 8.73. The van der Waals surface area contributed by atoms with Crippen LogP contribution in [0.25, 0.3) is 0 Å². The maximum absolute atomic E-state index is 10.8. The molecule has 0 bridgehead atoms. The van der Waals surface area contributed by atoms with Gasteiger partial charge in [0.15, 0.2) is 0 Å². The fraction of sp³-hybridized carbons (Fsp3) is 0.429. The second-order valence-electron chi connectivity index (χ2n) is 2.22. The first-order chi connectivity index (χ1) is 5.83. The lowest BCUT2D eigenvalue weighted by atomic mass is 10.5. The molecule has 5 heteroatoms. The zero-order chi connectivity index (χ0) is 8.81. The van der Waals surface area contributed by atoms with Gasteiger partial charge in [-0.2, -0.15) is 0 Å². The van der Waals surface area contributed by atoms with Crippen LogP contribution in [0.5, 0.6) is 0 Å². The van der Waals surface area contributed by atoms with Crippen molar-refractivity contribution in [3.63, 3.8) is 0 Å². The molecule has 0 amide bonds. The number of nitrogens with zero attached hydrogens (tertiary/aromatic N) is 1. The van der Waals surface area contributed by atoms with Crippen molar-refractivity contribution >= 4 is 5.82 Å². The lowest BCUT2D eigenvalue weighted by Gasteiger charge is -2.02. The summed E-state index contributed by atoms with van der Waals surface area (Å²) in [5, 5.41) is 2.93. The number of aromatic nitrogens is 2. The molecule has 0 aromatic carbocycles. The van der Waals surface area contributed by atoms with Gasteiger partial charge in [-0.3, -0.25) is 4.79 Å². The van der Waals surface area contributed by atoms with Crippen LogP contribution in [0, 0.1) is 0 Å². The molecule has 2 N–H and O–H groups in total. The third kappa shape index (κ3) is 2.71. The normalized spacial score (nSPS) is 9.75. The van der Waals surface area contributed by atoms with Crippen LogP contribution in [0.1, 0.15) is 0 Å². The Bertz CT molecular complexity index is 284. The summed E-state index contributed by atoms with van der Waals surface area (Å²) in [6.45, 7) is 1.24. The van der Waals surface area contributed by atoms with Crippen molar-refractivity contribution in [1.29, 1.82) is 0 Å². The van der Waals surface area contributed by atoms with Gasteiger partial charge in [-0.1, -0.05) is 0 Å². The zero-order valence-corrected chi connectivity index (χ0v) is 6.83. The molecular formula is C7H11N3O2. The second-order valence-corrected chi connectivity index (χ2v) is 2.22. The van der Waals surface area contributed by atoms with Gasteiger partial charge in [-0.05, 0) is 0 Å². The smallest absolute Gasteiger partial charge is 0.252 e. The highest BCUT2D eigenvalue weighted by atomic mass is 16.5. The molecule has 12 heavy (non-hydrogen) atoms. The topological polar surface area (TPSA) is 67.0 Å². The van der Waals surface area contributed by atoms with E-state index in [1.165, 1.54) is 12.4 Å². The van der Waals surface area contributed by atoms with E-state index in [0.29, 0.717) is 19.0 Å². The Hall–Kier alpha value is -1.36. The molecule has 0 aliphatic heterocycles. The van der Waals surface area contributed by atoms with Crippen LogP contribution in [-0.2, 0) is 4.74 Å². The van der Waals surface area contributed by atoms with Gasteiger partial charge in [0.25, 0.3) is 5.56 Å². The monoisotopic (exact) mass is 169 g/mol. The van der Waals surface area contributed by atoms with E-state index >= 15 is 0 Å². The SMILES string of the molecule is COCCNc1cc(=O)[nH]cn1. The van der Waals surface area contributed by atoms with Crippen molar-refractivity contribution in [2.24, 2.45) is 0 Å². The van der Waals surface area contributed by atoms with E-state index in [-0.39, 0.29) is 5.56 Å². The molecule has 1 rings (SSSR count). The summed E-state index contributed by atoms with van der Waals surface area (Å²) in [5.74, 6) is 0.566. The van der Waals surface area contributed by atoms with Gasteiger partial charge in [-0.25, -0.2) is 4.98 Å². The molecule has 0 atom stereocenters. The van der Waals surface area contributed by atoms with Crippen molar-refractivity contribution < 1.29 is 4.74 Å². The van der Waals surface area contributed by atoms with Crippen LogP contribution in [0.15, 0.2) is 17.2 Å². The summed E-state index contributed by atoms with van der Waals surface area (Å²) in [6.07, 6.45) is 1.36. The summed E-state index contributed by atoms with van der Waals surface area (Å²) >= 11 is 0. The van der Waals surface area contributed by atoms with Gasteiger partial charge >= 0.3 is 0 Å². The molecule has 1 heterocycles. The molecule has 5 nitrogen and oxygen atoms in total. The Morgan fingerprint density at radius 3 is 3.25 bits per heavy atom. The number of hydrogen-bond donors (Lipinski definition) is 2. The quantitative estimate of drug-likeness (QED) is 0.614. The summed E-state index contributed by atoms with van der Waals surface area (Å²) in [4.78, 5) is 17.1. The van der Waals surface area contributed by atoms with Gasteiger partial charge in [0.05, 0.1) is 12.9 Å². The number of rotatable bonds is 4.